The van der Waals surface area contributed by atoms with Crippen LogP contribution in [0.1, 0.15) is 28.9 Å². The molecule has 0 aliphatic carbocycles. The Labute approximate surface area is 127 Å². The molecule has 1 aromatic carbocycles. The van der Waals surface area contributed by atoms with Crippen LogP contribution in [-0.2, 0) is 6.42 Å². The van der Waals surface area contributed by atoms with Gasteiger partial charge >= 0.3 is 0 Å². The lowest BCUT2D eigenvalue weighted by atomic mass is 10.2. The van der Waals surface area contributed by atoms with Gasteiger partial charge in [0.15, 0.2) is 0 Å². The van der Waals surface area contributed by atoms with E-state index in [9.17, 15) is 4.79 Å². The maximum Gasteiger partial charge on any atom is 0.295 e. The molecule has 0 atom stereocenters. The zero-order chi connectivity index (χ0) is 14.0. The van der Waals surface area contributed by atoms with Gasteiger partial charge in [0, 0.05) is 15.4 Å². The summed E-state index contributed by atoms with van der Waals surface area (Å²) >= 11 is 6.85. The summed E-state index contributed by atoms with van der Waals surface area (Å²) in [6.45, 7) is 3.92. The van der Waals surface area contributed by atoms with Crippen LogP contribution in [-0.4, -0.2) is 21.1 Å². The van der Waals surface area contributed by atoms with Gasteiger partial charge in [-0.1, -0.05) is 6.92 Å². The molecule has 0 unspecified atom stereocenters. The first-order valence-corrected chi connectivity index (χ1v) is 7.28. The summed E-state index contributed by atoms with van der Waals surface area (Å²) in [6.07, 6.45) is 0.707. The van der Waals surface area contributed by atoms with Crippen molar-refractivity contribution in [3.05, 3.63) is 38.3 Å². The third-order valence-electron chi connectivity index (χ3n) is 2.49. The molecule has 2 aromatic rings. The molecule has 1 amide bonds. The van der Waals surface area contributed by atoms with Crippen LogP contribution in [0.25, 0.3) is 0 Å². The first-order chi connectivity index (χ1) is 9.01. The fraction of sp³-hybridized carbons (Fsp3) is 0.250. The predicted octanol–water partition coefficient (Wildman–Crippen LogP) is 3.45. The van der Waals surface area contributed by atoms with E-state index >= 15 is 0 Å². The second-order valence-electron chi connectivity index (χ2n) is 4.02. The van der Waals surface area contributed by atoms with Crippen molar-refractivity contribution in [2.45, 2.75) is 20.3 Å². The minimum absolute atomic E-state index is 0.135. The fourth-order valence-corrected chi connectivity index (χ4v) is 3.16. The minimum Gasteiger partial charge on any atom is -0.317 e. The standard InChI is InChI=1S/C12H12Br2N4O/c1-3-9-15-11(18-17-9)12(19)16-10-7(13)4-6(2)5-8(10)14/h4-5H,3H2,1-2H3,(H,16,19)(H,15,17,18). The number of anilines is 1. The van der Waals surface area contributed by atoms with Crippen molar-refractivity contribution >= 4 is 43.5 Å². The van der Waals surface area contributed by atoms with E-state index in [1.807, 2.05) is 26.0 Å². The number of amides is 1. The zero-order valence-corrected chi connectivity index (χ0v) is 13.6. The summed E-state index contributed by atoms with van der Waals surface area (Å²) in [5, 5.41) is 9.38. The number of halogens is 2. The maximum absolute atomic E-state index is 12.0. The number of carbonyl (C=O) groups excluding carboxylic acids is 1. The monoisotopic (exact) mass is 386 g/mol. The smallest absolute Gasteiger partial charge is 0.295 e. The van der Waals surface area contributed by atoms with E-state index in [1.165, 1.54) is 0 Å². The Morgan fingerprint density at radius 2 is 2.00 bits per heavy atom. The average Bonchev–Trinajstić information content (AvgIpc) is 2.82. The second-order valence-corrected chi connectivity index (χ2v) is 5.73. The van der Waals surface area contributed by atoms with Crippen LogP contribution in [0.2, 0.25) is 0 Å². The summed E-state index contributed by atoms with van der Waals surface area (Å²) in [5.74, 6) is 0.476. The molecule has 0 aliphatic rings. The summed E-state index contributed by atoms with van der Waals surface area (Å²) in [7, 11) is 0. The molecule has 0 saturated heterocycles. The Kier molecular flexibility index (Phi) is 4.36. The molecular formula is C12H12Br2N4O. The van der Waals surface area contributed by atoms with E-state index < -0.39 is 0 Å². The van der Waals surface area contributed by atoms with E-state index in [0.717, 1.165) is 14.5 Å². The number of benzene rings is 1. The van der Waals surface area contributed by atoms with E-state index in [0.29, 0.717) is 17.9 Å². The van der Waals surface area contributed by atoms with Gasteiger partial charge in [0.2, 0.25) is 5.82 Å². The van der Waals surface area contributed by atoms with Crippen molar-refractivity contribution in [2.24, 2.45) is 0 Å². The number of aryl methyl sites for hydroxylation is 2. The highest BCUT2D eigenvalue weighted by molar-refractivity contribution is 9.11. The molecule has 19 heavy (non-hydrogen) atoms. The van der Waals surface area contributed by atoms with Crippen LogP contribution in [0.4, 0.5) is 5.69 Å². The Balaban J connectivity index is 2.24. The number of nitrogens with zero attached hydrogens (tertiary/aromatic N) is 2. The molecule has 2 rings (SSSR count). The molecule has 0 radical (unpaired) electrons. The molecule has 0 saturated carbocycles. The van der Waals surface area contributed by atoms with E-state index in [-0.39, 0.29) is 11.7 Å². The second kappa shape index (κ2) is 5.83. The molecule has 0 bridgehead atoms. The van der Waals surface area contributed by atoms with Gasteiger partial charge < -0.3 is 5.32 Å². The number of nitrogens with one attached hydrogen (secondary N) is 2. The average molecular weight is 388 g/mol. The number of aromatic nitrogens is 3. The van der Waals surface area contributed by atoms with Crippen LogP contribution in [0, 0.1) is 6.92 Å². The summed E-state index contributed by atoms with van der Waals surface area (Å²) in [5.41, 5.74) is 1.75. The highest BCUT2D eigenvalue weighted by Gasteiger charge is 2.15. The summed E-state index contributed by atoms with van der Waals surface area (Å²) in [6, 6.07) is 3.85. The van der Waals surface area contributed by atoms with Gasteiger partial charge in [-0.3, -0.25) is 9.89 Å². The van der Waals surface area contributed by atoms with Crippen molar-refractivity contribution < 1.29 is 4.79 Å². The quantitative estimate of drug-likeness (QED) is 0.847. The lowest BCUT2D eigenvalue weighted by molar-refractivity contribution is 0.101. The van der Waals surface area contributed by atoms with Gasteiger partial charge in [-0.2, -0.15) is 0 Å². The molecule has 0 spiro atoms. The Hall–Kier alpha value is -1.21. The van der Waals surface area contributed by atoms with Gasteiger partial charge in [0.25, 0.3) is 5.91 Å². The van der Waals surface area contributed by atoms with E-state index in [1.54, 1.807) is 0 Å². The van der Waals surface area contributed by atoms with Crippen molar-refractivity contribution in [1.29, 1.82) is 0 Å². The third kappa shape index (κ3) is 3.22. The van der Waals surface area contributed by atoms with Gasteiger partial charge in [0.05, 0.1) is 5.69 Å². The maximum atomic E-state index is 12.0. The predicted molar refractivity (Wildman–Crippen MR) is 80.3 cm³/mol. The molecule has 0 fully saturated rings. The molecule has 1 heterocycles. The lowest BCUT2D eigenvalue weighted by Crippen LogP contribution is -2.14. The number of hydrogen-bond donors (Lipinski definition) is 2. The first kappa shape index (κ1) is 14.2. The SMILES string of the molecule is CCc1nc(C(=O)Nc2c(Br)cc(C)cc2Br)n[nH]1. The van der Waals surface area contributed by atoms with Gasteiger partial charge in [-0.25, -0.2) is 4.98 Å². The van der Waals surface area contributed by atoms with Crippen LogP contribution in [0.15, 0.2) is 21.1 Å². The first-order valence-electron chi connectivity index (χ1n) is 5.69. The van der Waals surface area contributed by atoms with Crippen LogP contribution in [0.3, 0.4) is 0 Å². The Morgan fingerprint density at radius 3 is 2.53 bits per heavy atom. The lowest BCUT2D eigenvalue weighted by Gasteiger charge is -2.09. The van der Waals surface area contributed by atoms with E-state index in [4.69, 9.17) is 0 Å². The fourth-order valence-electron chi connectivity index (χ4n) is 1.54. The summed E-state index contributed by atoms with van der Waals surface area (Å²) < 4.78 is 1.61. The minimum atomic E-state index is -0.346. The van der Waals surface area contributed by atoms with Crippen molar-refractivity contribution in [3.8, 4) is 0 Å². The molecular weight excluding hydrogens is 376 g/mol. The van der Waals surface area contributed by atoms with Crippen LogP contribution in [0.5, 0.6) is 0 Å². The number of carbonyl (C=O) groups is 1. The molecule has 5 nitrogen and oxygen atoms in total. The van der Waals surface area contributed by atoms with Crippen molar-refractivity contribution in [1.82, 2.24) is 15.2 Å². The van der Waals surface area contributed by atoms with Crippen LogP contribution >= 0.6 is 31.9 Å². The van der Waals surface area contributed by atoms with Crippen LogP contribution < -0.4 is 5.32 Å². The van der Waals surface area contributed by atoms with Gasteiger partial charge in [-0.15, -0.1) is 5.10 Å². The third-order valence-corrected chi connectivity index (χ3v) is 3.75. The highest BCUT2D eigenvalue weighted by Crippen LogP contribution is 2.32. The highest BCUT2D eigenvalue weighted by atomic mass is 79.9. The number of rotatable bonds is 3. The Bertz CT molecular complexity index is 601. The number of aromatic amines is 1. The Morgan fingerprint density at radius 1 is 1.37 bits per heavy atom. The molecule has 7 heteroatoms. The van der Waals surface area contributed by atoms with E-state index in [2.05, 4.69) is 52.4 Å². The molecule has 100 valence electrons. The van der Waals surface area contributed by atoms with Gasteiger partial charge in [0.1, 0.15) is 5.82 Å². The number of H-pyrrole nitrogens is 1. The largest absolute Gasteiger partial charge is 0.317 e. The normalized spacial score (nSPS) is 10.5. The van der Waals surface area contributed by atoms with Crippen molar-refractivity contribution in [2.75, 3.05) is 5.32 Å². The summed E-state index contributed by atoms with van der Waals surface area (Å²) in [4.78, 5) is 16.1. The number of hydrogen-bond acceptors (Lipinski definition) is 3. The topological polar surface area (TPSA) is 70.7 Å². The molecule has 1 aromatic heterocycles. The molecule has 2 N–H and O–H groups in total. The van der Waals surface area contributed by atoms with Crippen molar-refractivity contribution in [3.63, 3.8) is 0 Å². The zero-order valence-electron chi connectivity index (χ0n) is 10.4. The molecule has 0 aliphatic heterocycles. The van der Waals surface area contributed by atoms with Gasteiger partial charge in [-0.05, 0) is 56.5 Å².